The Morgan fingerprint density at radius 3 is 2.40 bits per heavy atom. The minimum atomic E-state index is -0.906. The van der Waals surface area contributed by atoms with Crippen molar-refractivity contribution >= 4 is 17.8 Å². The fraction of sp³-hybridized carbons (Fsp3) is 0.526. The van der Waals surface area contributed by atoms with Crippen LogP contribution in [0.25, 0.3) is 0 Å². The molecule has 1 amide bonds. The molecule has 0 spiro atoms. The van der Waals surface area contributed by atoms with E-state index in [-0.39, 0.29) is 5.78 Å². The van der Waals surface area contributed by atoms with Crippen molar-refractivity contribution in [2.45, 2.75) is 58.3 Å². The SMILES string of the molecule is CC(OC(=O)[C@@H]1CCCN1C(=O)OC(C)(C)C)C(=O)c1ccccc1. The maximum absolute atomic E-state index is 12.4. The summed E-state index contributed by atoms with van der Waals surface area (Å²) in [6, 6.07) is 7.96. The number of Topliss-reactive ketones (excluding diaryl/α,β-unsaturated/α-hetero) is 1. The highest BCUT2D eigenvalue weighted by Crippen LogP contribution is 2.22. The number of esters is 1. The number of ketones is 1. The Morgan fingerprint density at radius 1 is 1.16 bits per heavy atom. The maximum atomic E-state index is 12.4. The third-order valence-corrected chi connectivity index (χ3v) is 3.87. The first-order valence-electron chi connectivity index (χ1n) is 8.48. The van der Waals surface area contributed by atoms with Crippen LogP contribution in [-0.4, -0.2) is 47.0 Å². The van der Waals surface area contributed by atoms with E-state index in [0.717, 1.165) is 0 Å². The van der Waals surface area contributed by atoms with Gasteiger partial charge < -0.3 is 9.47 Å². The maximum Gasteiger partial charge on any atom is 0.411 e. The van der Waals surface area contributed by atoms with Gasteiger partial charge in [0.2, 0.25) is 5.78 Å². The minimum absolute atomic E-state index is 0.268. The van der Waals surface area contributed by atoms with E-state index in [1.54, 1.807) is 52.0 Å². The first-order valence-corrected chi connectivity index (χ1v) is 8.48. The van der Waals surface area contributed by atoms with Gasteiger partial charge in [-0.3, -0.25) is 9.69 Å². The average Bonchev–Trinajstić information content (AvgIpc) is 3.03. The summed E-state index contributed by atoms with van der Waals surface area (Å²) in [5.74, 6) is -0.837. The second-order valence-corrected chi connectivity index (χ2v) is 7.14. The molecule has 1 heterocycles. The zero-order valence-corrected chi connectivity index (χ0v) is 15.2. The van der Waals surface area contributed by atoms with E-state index < -0.39 is 29.8 Å². The smallest absolute Gasteiger partial charge is 0.411 e. The Labute approximate surface area is 148 Å². The number of ether oxygens (including phenoxy) is 2. The number of carbonyl (C=O) groups excluding carboxylic acids is 3. The summed E-state index contributed by atoms with van der Waals surface area (Å²) in [7, 11) is 0. The lowest BCUT2D eigenvalue weighted by molar-refractivity contribution is -0.151. The molecule has 1 aliphatic rings. The number of amides is 1. The molecule has 0 saturated carbocycles. The molecular formula is C19H25NO5. The van der Waals surface area contributed by atoms with Crippen LogP contribution in [0.3, 0.4) is 0 Å². The van der Waals surface area contributed by atoms with Gasteiger partial charge in [0.25, 0.3) is 0 Å². The predicted molar refractivity (Wildman–Crippen MR) is 92.3 cm³/mol. The Balaban J connectivity index is 1.99. The number of carbonyl (C=O) groups is 3. The number of nitrogens with zero attached hydrogens (tertiary/aromatic N) is 1. The second-order valence-electron chi connectivity index (χ2n) is 7.14. The van der Waals surface area contributed by atoms with E-state index in [0.29, 0.717) is 24.9 Å². The zero-order chi connectivity index (χ0) is 18.6. The molecule has 1 aliphatic heterocycles. The molecule has 1 aromatic carbocycles. The van der Waals surface area contributed by atoms with Gasteiger partial charge in [-0.25, -0.2) is 9.59 Å². The molecule has 0 aliphatic carbocycles. The van der Waals surface area contributed by atoms with Crippen molar-refractivity contribution in [2.24, 2.45) is 0 Å². The minimum Gasteiger partial charge on any atom is -0.453 e. The number of hydrogen-bond donors (Lipinski definition) is 0. The Kier molecular flexibility index (Phi) is 5.82. The van der Waals surface area contributed by atoms with Crippen LogP contribution in [0.15, 0.2) is 30.3 Å². The second kappa shape index (κ2) is 7.68. The molecule has 0 bridgehead atoms. The summed E-state index contributed by atoms with van der Waals surface area (Å²) in [6.07, 6.45) is -0.241. The normalized spacial score (nSPS) is 18.6. The van der Waals surface area contributed by atoms with Crippen LogP contribution in [0.5, 0.6) is 0 Å². The molecule has 136 valence electrons. The highest BCUT2D eigenvalue weighted by Gasteiger charge is 2.38. The van der Waals surface area contributed by atoms with Gasteiger partial charge in [0, 0.05) is 12.1 Å². The number of rotatable bonds is 4. The molecule has 1 fully saturated rings. The summed E-state index contributed by atoms with van der Waals surface area (Å²) in [6.45, 7) is 7.30. The van der Waals surface area contributed by atoms with Crippen LogP contribution in [-0.2, 0) is 14.3 Å². The van der Waals surface area contributed by atoms with E-state index in [9.17, 15) is 14.4 Å². The molecule has 1 saturated heterocycles. The number of benzene rings is 1. The molecule has 2 rings (SSSR count). The van der Waals surface area contributed by atoms with Gasteiger partial charge in [0.05, 0.1) is 0 Å². The van der Waals surface area contributed by atoms with Crippen LogP contribution in [0.2, 0.25) is 0 Å². The van der Waals surface area contributed by atoms with E-state index in [4.69, 9.17) is 9.47 Å². The lowest BCUT2D eigenvalue weighted by atomic mass is 10.1. The molecule has 1 unspecified atom stereocenters. The van der Waals surface area contributed by atoms with Crippen LogP contribution < -0.4 is 0 Å². The Bertz CT molecular complexity index is 635. The third-order valence-electron chi connectivity index (χ3n) is 3.87. The molecule has 6 heteroatoms. The van der Waals surface area contributed by atoms with Gasteiger partial charge in [-0.2, -0.15) is 0 Å². The lowest BCUT2D eigenvalue weighted by Crippen LogP contribution is -2.45. The van der Waals surface area contributed by atoms with Crippen LogP contribution >= 0.6 is 0 Å². The molecule has 0 N–H and O–H groups in total. The highest BCUT2D eigenvalue weighted by molar-refractivity contribution is 6.00. The largest absolute Gasteiger partial charge is 0.453 e. The summed E-state index contributed by atoms with van der Waals surface area (Å²) < 4.78 is 10.7. The van der Waals surface area contributed by atoms with Crippen molar-refractivity contribution in [3.8, 4) is 0 Å². The van der Waals surface area contributed by atoms with E-state index >= 15 is 0 Å². The predicted octanol–water partition coefficient (Wildman–Crippen LogP) is 3.20. The van der Waals surface area contributed by atoms with Gasteiger partial charge in [0.15, 0.2) is 6.10 Å². The first kappa shape index (κ1) is 19.0. The summed E-state index contributed by atoms with van der Waals surface area (Å²) in [4.78, 5) is 38.4. The van der Waals surface area contributed by atoms with Gasteiger partial charge in [-0.15, -0.1) is 0 Å². The van der Waals surface area contributed by atoms with Crippen molar-refractivity contribution in [1.29, 1.82) is 0 Å². The van der Waals surface area contributed by atoms with Crippen molar-refractivity contribution < 1.29 is 23.9 Å². The summed E-state index contributed by atoms with van der Waals surface area (Å²) in [5, 5.41) is 0. The lowest BCUT2D eigenvalue weighted by Gasteiger charge is -2.28. The Hall–Kier alpha value is -2.37. The monoisotopic (exact) mass is 347 g/mol. The number of likely N-dealkylation sites (tertiary alicyclic amines) is 1. The van der Waals surface area contributed by atoms with E-state index in [2.05, 4.69) is 0 Å². The van der Waals surface area contributed by atoms with Crippen LogP contribution in [0, 0.1) is 0 Å². The third kappa shape index (κ3) is 5.05. The quantitative estimate of drug-likeness (QED) is 0.618. The topological polar surface area (TPSA) is 72.9 Å². The van der Waals surface area contributed by atoms with Gasteiger partial charge in [-0.1, -0.05) is 30.3 Å². The number of hydrogen-bond acceptors (Lipinski definition) is 5. The van der Waals surface area contributed by atoms with Crippen molar-refractivity contribution in [2.75, 3.05) is 6.54 Å². The molecule has 0 radical (unpaired) electrons. The van der Waals surface area contributed by atoms with Gasteiger partial charge in [-0.05, 0) is 40.5 Å². The molecule has 6 nitrogen and oxygen atoms in total. The molecular weight excluding hydrogens is 322 g/mol. The fourth-order valence-electron chi connectivity index (χ4n) is 2.69. The van der Waals surface area contributed by atoms with Gasteiger partial charge >= 0.3 is 12.1 Å². The van der Waals surface area contributed by atoms with Crippen LogP contribution in [0.1, 0.15) is 50.9 Å². The Morgan fingerprint density at radius 2 is 1.80 bits per heavy atom. The molecule has 25 heavy (non-hydrogen) atoms. The van der Waals surface area contributed by atoms with Crippen molar-refractivity contribution in [1.82, 2.24) is 4.90 Å². The van der Waals surface area contributed by atoms with Crippen molar-refractivity contribution in [3.63, 3.8) is 0 Å². The van der Waals surface area contributed by atoms with E-state index in [1.807, 2.05) is 6.07 Å². The highest BCUT2D eigenvalue weighted by atomic mass is 16.6. The van der Waals surface area contributed by atoms with Crippen molar-refractivity contribution in [3.05, 3.63) is 35.9 Å². The summed E-state index contributed by atoms with van der Waals surface area (Å²) in [5.41, 5.74) is -0.150. The molecule has 2 atom stereocenters. The molecule has 0 aromatic heterocycles. The van der Waals surface area contributed by atoms with Gasteiger partial charge in [0.1, 0.15) is 11.6 Å². The standard InChI is InChI=1S/C19H25NO5/c1-13(16(21)14-9-6-5-7-10-14)24-17(22)15-11-8-12-20(15)18(23)25-19(2,3)4/h5-7,9-10,13,15H,8,11-12H2,1-4H3/t13?,15-/m0/s1. The average molecular weight is 347 g/mol. The molecule has 1 aromatic rings. The zero-order valence-electron chi connectivity index (χ0n) is 15.2. The first-order chi connectivity index (χ1) is 11.7. The van der Waals surface area contributed by atoms with Crippen LogP contribution in [0.4, 0.5) is 4.79 Å². The fourth-order valence-corrected chi connectivity index (χ4v) is 2.69. The van der Waals surface area contributed by atoms with E-state index in [1.165, 1.54) is 4.90 Å². The summed E-state index contributed by atoms with van der Waals surface area (Å²) >= 11 is 0.